The molecule has 0 aromatic rings. The second kappa shape index (κ2) is 4.26. The lowest BCUT2D eigenvalue weighted by Gasteiger charge is -2.27. The monoisotopic (exact) mass is 200 g/mol. The van der Waals surface area contributed by atoms with Gasteiger partial charge in [-0.3, -0.25) is 9.59 Å². The smallest absolute Gasteiger partial charge is 0.321 e. The van der Waals surface area contributed by atoms with Gasteiger partial charge in [0.1, 0.15) is 0 Å². The average Bonchev–Trinajstić information content (AvgIpc) is 2.00. The Kier molecular flexibility index (Phi) is 3.86. The zero-order valence-corrected chi connectivity index (χ0v) is 8.70. The van der Waals surface area contributed by atoms with Crippen molar-refractivity contribution in [1.29, 1.82) is 0 Å². The highest BCUT2D eigenvalue weighted by Crippen LogP contribution is 2.32. The van der Waals surface area contributed by atoms with Crippen molar-refractivity contribution >= 4 is 11.9 Å². The van der Waals surface area contributed by atoms with Gasteiger partial charge in [-0.15, -0.1) is 6.58 Å². The maximum Gasteiger partial charge on any atom is 0.321 e. The zero-order chi connectivity index (χ0) is 11.5. The Morgan fingerprint density at radius 2 is 1.71 bits per heavy atom. The first-order valence-corrected chi connectivity index (χ1v) is 4.34. The third-order valence-corrected chi connectivity index (χ3v) is 2.53. The summed E-state index contributed by atoms with van der Waals surface area (Å²) in [5.74, 6) is -3.09. The van der Waals surface area contributed by atoms with E-state index in [9.17, 15) is 9.59 Å². The molecule has 0 saturated carbocycles. The summed E-state index contributed by atoms with van der Waals surface area (Å²) in [6, 6.07) is 0. The summed E-state index contributed by atoms with van der Waals surface area (Å²) < 4.78 is 0. The van der Waals surface area contributed by atoms with E-state index in [0.717, 1.165) is 5.57 Å². The third-order valence-electron chi connectivity index (χ3n) is 2.53. The molecule has 0 aromatic carbocycles. The van der Waals surface area contributed by atoms with Crippen molar-refractivity contribution in [2.75, 3.05) is 0 Å². The van der Waals surface area contributed by atoms with Gasteiger partial charge in [0.25, 0.3) is 0 Å². The van der Waals surface area contributed by atoms with Gasteiger partial charge in [-0.25, -0.2) is 0 Å². The van der Waals surface area contributed by atoms with Gasteiger partial charge in [0, 0.05) is 0 Å². The summed E-state index contributed by atoms with van der Waals surface area (Å²) in [6.45, 7) is 8.23. The Morgan fingerprint density at radius 3 is 1.93 bits per heavy atom. The molecule has 0 heterocycles. The van der Waals surface area contributed by atoms with Crippen LogP contribution in [0.3, 0.4) is 0 Å². The van der Waals surface area contributed by atoms with E-state index in [1.807, 2.05) is 0 Å². The van der Waals surface area contributed by atoms with Gasteiger partial charge in [-0.2, -0.15) is 0 Å². The van der Waals surface area contributed by atoms with Crippen molar-refractivity contribution in [1.82, 2.24) is 0 Å². The van der Waals surface area contributed by atoms with Gasteiger partial charge in [-0.05, 0) is 26.2 Å². The molecule has 0 rings (SSSR count). The van der Waals surface area contributed by atoms with Crippen LogP contribution in [0.2, 0.25) is 0 Å². The Hall–Kier alpha value is -1.32. The van der Waals surface area contributed by atoms with E-state index in [-0.39, 0.29) is 0 Å². The van der Waals surface area contributed by atoms with Crippen molar-refractivity contribution in [3.63, 3.8) is 0 Å². The molecule has 0 saturated heterocycles. The molecule has 4 nitrogen and oxygen atoms in total. The highest BCUT2D eigenvalue weighted by molar-refractivity contribution is 5.98. The summed E-state index contributed by atoms with van der Waals surface area (Å²) >= 11 is 0. The normalized spacial score (nSPS) is 13.4. The van der Waals surface area contributed by atoms with Gasteiger partial charge in [-0.1, -0.05) is 12.5 Å². The van der Waals surface area contributed by atoms with Gasteiger partial charge in [0.2, 0.25) is 0 Å². The zero-order valence-electron chi connectivity index (χ0n) is 8.70. The van der Waals surface area contributed by atoms with Gasteiger partial charge < -0.3 is 10.2 Å². The fourth-order valence-corrected chi connectivity index (χ4v) is 1.24. The van der Waals surface area contributed by atoms with E-state index < -0.39 is 23.3 Å². The molecule has 80 valence electrons. The largest absolute Gasteiger partial charge is 0.480 e. The van der Waals surface area contributed by atoms with Crippen LogP contribution >= 0.6 is 0 Å². The van der Waals surface area contributed by atoms with Crippen LogP contribution in [-0.4, -0.2) is 22.2 Å². The number of carboxylic acids is 2. The molecular formula is C10H16O4. The molecule has 1 atom stereocenters. The molecule has 1 unspecified atom stereocenters. The second-order valence-electron chi connectivity index (χ2n) is 3.87. The minimum Gasteiger partial charge on any atom is -0.480 e. The van der Waals surface area contributed by atoms with Crippen LogP contribution in [0, 0.1) is 11.3 Å². The highest BCUT2D eigenvalue weighted by Gasteiger charge is 2.46. The predicted octanol–water partition coefficient (Wildman–Crippen LogP) is 1.76. The number of carbonyl (C=O) groups is 2. The molecule has 0 aliphatic heterocycles. The Balaban J connectivity index is 4.92. The number of allylic oxidation sites excluding steroid dienone is 1. The minimum absolute atomic E-state index is 0.398. The summed E-state index contributed by atoms with van der Waals surface area (Å²) in [5, 5.41) is 17.8. The van der Waals surface area contributed by atoms with E-state index in [1.165, 1.54) is 6.92 Å². The van der Waals surface area contributed by atoms with Crippen LogP contribution in [0.4, 0.5) is 0 Å². The van der Waals surface area contributed by atoms with Crippen LogP contribution in [0.1, 0.15) is 27.2 Å². The average molecular weight is 200 g/mol. The SMILES string of the molecule is C=C(C)CC(C)C(C)(C(=O)O)C(=O)O. The maximum atomic E-state index is 10.9. The molecule has 0 radical (unpaired) electrons. The maximum absolute atomic E-state index is 10.9. The number of hydrogen-bond donors (Lipinski definition) is 2. The molecule has 14 heavy (non-hydrogen) atoms. The molecule has 0 aliphatic carbocycles. The van der Waals surface area contributed by atoms with Gasteiger partial charge in [0.15, 0.2) is 5.41 Å². The van der Waals surface area contributed by atoms with Gasteiger partial charge in [0.05, 0.1) is 0 Å². The minimum atomic E-state index is -1.74. The van der Waals surface area contributed by atoms with E-state index >= 15 is 0 Å². The van der Waals surface area contributed by atoms with Crippen molar-refractivity contribution in [3.05, 3.63) is 12.2 Å². The first-order chi connectivity index (χ1) is 6.22. The van der Waals surface area contributed by atoms with Crippen LogP contribution in [-0.2, 0) is 9.59 Å². The van der Waals surface area contributed by atoms with Crippen molar-refractivity contribution in [3.8, 4) is 0 Å². The number of hydrogen-bond acceptors (Lipinski definition) is 2. The number of aliphatic carboxylic acids is 2. The van der Waals surface area contributed by atoms with Crippen LogP contribution in [0.25, 0.3) is 0 Å². The summed E-state index contributed by atoms with van der Waals surface area (Å²) in [7, 11) is 0. The van der Waals surface area contributed by atoms with Gasteiger partial charge >= 0.3 is 11.9 Å². The quantitative estimate of drug-likeness (QED) is 0.524. The first-order valence-electron chi connectivity index (χ1n) is 4.34. The van der Waals surface area contributed by atoms with Crippen molar-refractivity contribution in [2.24, 2.45) is 11.3 Å². The fraction of sp³-hybridized carbons (Fsp3) is 0.600. The summed E-state index contributed by atoms with van der Waals surface area (Å²) in [6.07, 6.45) is 0.398. The molecule has 2 N–H and O–H groups in total. The topological polar surface area (TPSA) is 74.6 Å². The first kappa shape index (κ1) is 12.7. The molecule has 0 aliphatic rings. The molecular weight excluding hydrogens is 184 g/mol. The Labute approximate surface area is 83.2 Å². The fourth-order valence-electron chi connectivity index (χ4n) is 1.24. The standard InChI is InChI=1S/C10H16O4/c1-6(2)5-7(3)10(4,8(11)12)9(13)14/h7H,1,5H2,2-4H3,(H,11,12)(H,13,14). The Bertz CT molecular complexity index is 253. The van der Waals surface area contributed by atoms with E-state index in [4.69, 9.17) is 10.2 Å². The van der Waals surface area contributed by atoms with Crippen molar-refractivity contribution < 1.29 is 19.8 Å². The Morgan fingerprint density at radius 1 is 1.36 bits per heavy atom. The van der Waals surface area contributed by atoms with Crippen molar-refractivity contribution in [2.45, 2.75) is 27.2 Å². The highest BCUT2D eigenvalue weighted by atomic mass is 16.4. The molecule has 0 spiro atoms. The summed E-state index contributed by atoms with van der Waals surface area (Å²) in [4.78, 5) is 21.8. The van der Waals surface area contributed by atoms with Crippen LogP contribution in [0.15, 0.2) is 12.2 Å². The molecule has 0 fully saturated rings. The van der Waals surface area contributed by atoms with E-state index in [2.05, 4.69) is 6.58 Å². The van der Waals surface area contributed by atoms with Crippen LogP contribution < -0.4 is 0 Å². The molecule has 0 aromatic heterocycles. The number of carboxylic acid groups (broad SMARTS) is 2. The third kappa shape index (κ3) is 2.34. The van der Waals surface area contributed by atoms with Crippen LogP contribution in [0.5, 0.6) is 0 Å². The summed E-state index contributed by atoms with van der Waals surface area (Å²) in [5.41, 5.74) is -0.954. The van der Waals surface area contributed by atoms with E-state index in [1.54, 1.807) is 13.8 Å². The molecule has 0 bridgehead atoms. The lowest BCUT2D eigenvalue weighted by molar-refractivity contribution is -0.167. The number of rotatable bonds is 5. The predicted molar refractivity (Wildman–Crippen MR) is 52.0 cm³/mol. The van der Waals surface area contributed by atoms with E-state index in [0.29, 0.717) is 6.42 Å². The lowest BCUT2D eigenvalue weighted by Crippen LogP contribution is -2.42. The lowest BCUT2D eigenvalue weighted by atomic mass is 9.75. The molecule has 4 heteroatoms. The molecule has 0 amide bonds. The second-order valence-corrected chi connectivity index (χ2v) is 3.87.